The van der Waals surface area contributed by atoms with Crippen molar-refractivity contribution in [3.63, 3.8) is 0 Å². The van der Waals surface area contributed by atoms with Gasteiger partial charge in [0.1, 0.15) is 10.9 Å². The van der Waals surface area contributed by atoms with E-state index in [-0.39, 0.29) is 13.2 Å². The van der Waals surface area contributed by atoms with Crippen molar-refractivity contribution in [2.24, 2.45) is 0 Å². The lowest BCUT2D eigenvalue weighted by Gasteiger charge is -2.14. The topological polar surface area (TPSA) is 75.7 Å². The molecule has 6 heteroatoms. The molecule has 0 saturated carbocycles. The predicted octanol–water partition coefficient (Wildman–Crippen LogP) is -0.530. The van der Waals surface area contributed by atoms with E-state index in [9.17, 15) is 14.7 Å². The number of carbonyl (C=O) groups is 2. The zero-order valence-corrected chi connectivity index (χ0v) is 9.63. The van der Waals surface area contributed by atoms with E-state index in [2.05, 4.69) is 20.7 Å². The third kappa shape index (κ3) is 6.85. The van der Waals surface area contributed by atoms with Crippen molar-refractivity contribution in [2.45, 2.75) is 18.2 Å². The highest BCUT2D eigenvalue weighted by atomic mass is 79.9. The molecule has 0 saturated heterocycles. The molecule has 5 nitrogen and oxygen atoms in total. The lowest BCUT2D eigenvalue weighted by molar-refractivity contribution is -0.309. The summed E-state index contributed by atoms with van der Waals surface area (Å²) in [6, 6.07) is 0. The minimum absolute atomic E-state index is 0.0289. The van der Waals surface area contributed by atoms with Gasteiger partial charge in [0.25, 0.3) is 0 Å². The van der Waals surface area contributed by atoms with E-state index in [0.29, 0.717) is 0 Å². The summed E-state index contributed by atoms with van der Waals surface area (Å²) >= 11 is 3.12. The van der Waals surface area contributed by atoms with Gasteiger partial charge in [0.05, 0.1) is 19.2 Å². The number of esters is 1. The normalized spacial score (nSPS) is 11.1. The summed E-state index contributed by atoms with van der Waals surface area (Å²) in [7, 11) is 0. The van der Waals surface area contributed by atoms with Crippen LogP contribution < -0.4 is 5.11 Å². The van der Waals surface area contributed by atoms with Gasteiger partial charge in [0.15, 0.2) is 0 Å². The van der Waals surface area contributed by atoms with Crippen molar-refractivity contribution in [1.29, 1.82) is 0 Å². The first-order chi connectivity index (χ1) is 6.34. The van der Waals surface area contributed by atoms with E-state index >= 15 is 0 Å². The van der Waals surface area contributed by atoms with Gasteiger partial charge in [0.2, 0.25) is 0 Å². The van der Waals surface area contributed by atoms with Gasteiger partial charge in [-0.1, -0.05) is 15.9 Å². The Bertz CT molecular complexity index is 208. The van der Waals surface area contributed by atoms with Crippen LogP contribution >= 0.6 is 15.9 Å². The van der Waals surface area contributed by atoms with E-state index in [1.54, 1.807) is 13.8 Å². The zero-order valence-electron chi connectivity index (χ0n) is 8.04. The molecule has 0 spiro atoms. The maximum atomic E-state index is 11.1. The molecule has 0 aromatic heterocycles. The highest BCUT2D eigenvalue weighted by Gasteiger charge is 2.24. The SMILES string of the molecule is CC(C)(Br)C(=O)OCCOCC(=O)[O-]. The van der Waals surface area contributed by atoms with Crippen LogP contribution in [0.4, 0.5) is 0 Å². The fourth-order valence-electron chi connectivity index (χ4n) is 0.520. The van der Waals surface area contributed by atoms with Crippen molar-refractivity contribution in [3.8, 4) is 0 Å². The average Bonchev–Trinajstić information content (AvgIpc) is 2.01. The number of carboxylic acids is 1. The Morgan fingerprint density at radius 1 is 1.36 bits per heavy atom. The Morgan fingerprint density at radius 2 is 1.93 bits per heavy atom. The maximum absolute atomic E-state index is 11.1. The molecule has 14 heavy (non-hydrogen) atoms. The summed E-state index contributed by atoms with van der Waals surface area (Å²) in [5.74, 6) is -1.72. The van der Waals surface area contributed by atoms with Gasteiger partial charge in [-0.2, -0.15) is 0 Å². The molecule has 0 rings (SSSR count). The molecule has 0 aliphatic rings. The van der Waals surface area contributed by atoms with Crippen molar-refractivity contribution in [2.75, 3.05) is 19.8 Å². The van der Waals surface area contributed by atoms with Gasteiger partial charge in [0, 0.05) is 0 Å². The second kappa shape index (κ2) is 5.98. The van der Waals surface area contributed by atoms with Crippen molar-refractivity contribution in [1.82, 2.24) is 0 Å². The summed E-state index contributed by atoms with van der Waals surface area (Å²) < 4.78 is 8.63. The number of ether oxygens (including phenoxy) is 2. The fourth-order valence-corrected chi connectivity index (χ4v) is 0.635. The van der Waals surface area contributed by atoms with E-state index in [1.165, 1.54) is 0 Å². The number of alkyl halides is 1. The molecule has 0 atom stereocenters. The summed E-state index contributed by atoms with van der Waals surface area (Å²) in [5, 5.41) is 9.90. The van der Waals surface area contributed by atoms with Crippen LogP contribution in [-0.2, 0) is 19.1 Å². The minimum Gasteiger partial charge on any atom is -0.548 e. The lowest BCUT2D eigenvalue weighted by atomic mass is 10.2. The summed E-state index contributed by atoms with van der Waals surface area (Å²) in [6.45, 7) is 2.88. The third-order valence-corrected chi connectivity index (χ3v) is 1.49. The molecule has 0 N–H and O–H groups in total. The minimum atomic E-state index is -1.29. The maximum Gasteiger partial charge on any atom is 0.322 e. The molecular weight excluding hydrogens is 256 g/mol. The average molecular weight is 268 g/mol. The smallest absolute Gasteiger partial charge is 0.322 e. The Balaban J connectivity index is 3.46. The van der Waals surface area contributed by atoms with Crippen LogP contribution in [0, 0.1) is 0 Å². The number of carboxylic acid groups (broad SMARTS) is 1. The quantitative estimate of drug-likeness (QED) is 0.368. The number of hydrogen-bond acceptors (Lipinski definition) is 5. The van der Waals surface area contributed by atoms with Crippen molar-refractivity contribution >= 4 is 27.9 Å². The second-order valence-corrected chi connectivity index (χ2v) is 5.02. The first kappa shape index (κ1) is 13.4. The molecule has 0 aromatic carbocycles. The van der Waals surface area contributed by atoms with Crippen LogP contribution in [0.1, 0.15) is 13.8 Å². The molecule has 0 unspecified atom stereocenters. The van der Waals surface area contributed by atoms with Gasteiger partial charge in [-0.15, -0.1) is 0 Å². The summed E-state index contributed by atoms with van der Waals surface area (Å²) in [5.41, 5.74) is 0. The third-order valence-electron chi connectivity index (χ3n) is 1.17. The molecule has 0 aromatic rings. The summed E-state index contributed by atoms with van der Waals surface area (Å²) in [4.78, 5) is 21.0. The van der Waals surface area contributed by atoms with Gasteiger partial charge in [-0.3, -0.25) is 4.79 Å². The molecule has 0 heterocycles. The molecule has 0 aliphatic carbocycles. The van der Waals surface area contributed by atoms with Crippen LogP contribution in [0.15, 0.2) is 0 Å². The second-order valence-electron chi connectivity index (χ2n) is 3.03. The highest BCUT2D eigenvalue weighted by molar-refractivity contribution is 9.10. The van der Waals surface area contributed by atoms with E-state index in [4.69, 9.17) is 4.74 Å². The summed E-state index contributed by atoms with van der Waals surface area (Å²) in [6.07, 6.45) is 0. The number of rotatable bonds is 6. The monoisotopic (exact) mass is 267 g/mol. The first-order valence-corrected chi connectivity index (χ1v) is 4.77. The molecule has 0 amide bonds. The van der Waals surface area contributed by atoms with Gasteiger partial charge >= 0.3 is 5.97 Å². The lowest BCUT2D eigenvalue weighted by Crippen LogP contribution is -2.30. The number of carbonyl (C=O) groups excluding carboxylic acids is 2. The van der Waals surface area contributed by atoms with E-state index < -0.39 is 22.9 Å². The van der Waals surface area contributed by atoms with Crippen LogP contribution in [0.3, 0.4) is 0 Å². The number of aliphatic carboxylic acids is 1. The predicted molar refractivity (Wildman–Crippen MR) is 49.8 cm³/mol. The number of hydrogen-bond donors (Lipinski definition) is 0. The largest absolute Gasteiger partial charge is 0.548 e. The molecule has 0 fully saturated rings. The van der Waals surface area contributed by atoms with Gasteiger partial charge < -0.3 is 19.4 Å². The number of halogens is 1. The molecular formula is C8H12BrO5-. The van der Waals surface area contributed by atoms with Crippen molar-refractivity contribution in [3.05, 3.63) is 0 Å². The van der Waals surface area contributed by atoms with Crippen LogP contribution in [0.25, 0.3) is 0 Å². The zero-order chi connectivity index (χ0) is 11.2. The molecule has 0 radical (unpaired) electrons. The Morgan fingerprint density at radius 3 is 2.36 bits per heavy atom. The van der Waals surface area contributed by atoms with Gasteiger partial charge in [-0.25, -0.2) is 0 Å². The van der Waals surface area contributed by atoms with Crippen LogP contribution in [-0.4, -0.2) is 36.1 Å². The standard InChI is InChI=1S/C8H13BrO5/c1-8(2,9)7(12)14-4-3-13-5-6(10)11/h3-5H2,1-2H3,(H,10,11)/p-1. The molecule has 0 bridgehead atoms. The fraction of sp³-hybridized carbons (Fsp3) is 0.750. The Labute approximate surface area is 90.5 Å². The molecule has 0 aliphatic heterocycles. The van der Waals surface area contributed by atoms with Crippen LogP contribution in [0.5, 0.6) is 0 Å². The van der Waals surface area contributed by atoms with Crippen LogP contribution in [0.2, 0.25) is 0 Å². The molecule has 82 valence electrons. The van der Waals surface area contributed by atoms with Crippen molar-refractivity contribution < 1.29 is 24.2 Å². The van der Waals surface area contributed by atoms with Gasteiger partial charge in [-0.05, 0) is 13.8 Å². The highest BCUT2D eigenvalue weighted by Crippen LogP contribution is 2.17. The Kier molecular flexibility index (Phi) is 5.71. The van der Waals surface area contributed by atoms with E-state index in [0.717, 1.165) is 0 Å². The van der Waals surface area contributed by atoms with E-state index in [1.807, 2.05) is 0 Å². The first-order valence-electron chi connectivity index (χ1n) is 3.98. The Hall–Kier alpha value is -0.620.